The lowest BCUT2D eigenvalue weighted by Gasteiger charge is -2.28. The summed E-state index contributed by atoms with van der Waals surface area (Å²) in [6, 6.07) is 6.35. The Hall–Kier alpha value is -1.09. The van der Waals surface area contributed by atoms with Crippen LogP contribution >= 0.6 is 12.2 Å². The maximum Gasteiger partial charge on any atom is 0.178 e. The molecule has 3 rings (SSSR count). The summed E-state index contributed by atoms with van der Waals surface area (Å²) in [5.41, 5.74) is 3.85. The molecule has 0 aliphatic heterocycles. The van der Waals surface area contributed by atoms with E-state index in [2.05, 4.69) is 48.5 Å². The van der Waals surface area contributed by atoms with Gasteiger partial charge in [0.25, 0.3) is 0 Å². The van der Waals surface area contributed by atoms with Crippen LogP contribution in [-0.4, -0.2) is 9.55 Å². The monoisotopic (exact) mass is 246 g/mol. The number of aromatic nitrogens is 2. The average Bonchev–Trinajstić information content (AvgIpc) is 3.02. The van der Waals surface area contributed by atoms with Gasteiger partial charge in [0.2, 0.25) is 0 Å². The van der Waals surface area contributed by atoms with E-state index in [1.54, 1.807) is 0 Å². The molecule has 0 amide bonds. The fourth-order valence-electron chi connectivity index (χ4n) is 2.85. The number of imidazole rings is 1. The van der Waals surface area contributed by atoms with Crippen LogP contribution in [0.15, 0.2) is 18.2 Å². The summed E-state index contributed by atoms with van der Waals surface area (Å²) in [6.07, 6.45) is 2.65. The Kier molecular flexibility index (Phi) is 2.24. The molecule has 3 heteroatoms. The lowest BCUT2D eigenvalue weighted by molar-refractivity contribution is 0.310. The van der Waals surface area contributed by atoms with Crippen LogP contribution in [0.3, 0.4) is 0 Å². The third-order valence-electron chi connectivity index (χ3n) is 4.06. The zero-order valence-electron chi connectivity index (χ0n) is 10.6. The molecule has 1 N–H and O–H groups in total. The van der Waals surface area contributed by atoms with Crippen LogP contribution < -0.4 is 0 Å². The van der Waals surface area contributed by atoms with Gasteiger partial charge in [-0.25, -0.2) is 0 Å². The Morgan fingerprint density at radius 3 is 2.71 bits per heavy atom. The zero-order valence-corrected chi connectivity index (χ0v) is 11.4. The van der Waals surface area contributed by atoms with E-state index in [4.69, 9.17) is 12.2 Å². The number of nitrogens with one attached hydrogen (secondary N) is 1. The number of aromatic amines is 1. The lowest BCUT2D eigenvalue weighted by Crippen LogP contribution is -2.29. The van der Waals surface area contributed by atoms with E-state index in [0.717, 1.165) is 16.2 Å². The molecule has 1 aliphatic carbocycles. The van der Waals surface area contributed by atoms with Crippen molar-refractivity contribution in [3.63, 3.8) is 0 Å². The summed E-state index contributed by atoms with van der Waals surface area (Å²) >= 11 is 5.52. The van der Waals surface area contributed by atoms with Gasteiger partial charge in [0, 0.05) is 5.54 Å². The highest BCUT2D eigenvalue weighted by Gasteiger charge is 2.40. The van der Waals surface area contributed by atoms with Crippen molar-refractivity contribution in [3.05, 3.63) is 28.5 Å². The molecule has 1 aromatic carbocycles. The molecule has 1 aliphatic rings. The summed E-state index contributed by atoms with van der Waals surface area (Å²) in [5.74, 6) is 0.771. The second-order valence-electron chi connectivity index (χ2n) is 5.66. The van der Waals surface area contributed by atoms with E-state index in [0.29, 0.717) is 0 Å². The van der Waals surface area contributed by atoms with Crippen LogP contribution in [0, 0.1) is 17.6 Å². The number of H-pyrrole nitrogens is 1. The Morgan fingerprint density at radius 1 is 1.35 bits per heavy atom. The van der Waals surface area contributed by atoms with E-state index in [9.17, 15) is 0 Å². The Balaban J connectivity index is 2.35. The molecule has 1 heterocycles. The Morgan fingerprint density at radius 2 is 2.06 bits per heavy atom. The SMILES string of the molecule is Cc1cccc2[nH]c(=S)n(C(C)(C)C3CC3)c12. The minimum Gasteiger partial charge on any atom is -0.331 e. The summed E-state index contributed by atoms with van der Waals surface area (Å²) in [5, 5.41) is 0. The molecule has 2 aromatic rings. The molecule has 0 radical (unpaired) electrons. The highest BCUT2D eigenvalue weighted by molar-refractivity contribution is 7.71. The summed E-state index contributed by atoms with van der Waals surface area (Å²) in [6.45, 7) is 6.77. The van der Waals surface area contributed by atoms with Gasteiger partial charge in [-0.05, 0) is 63.4 Å². The van der Waals surface area contributed by atoms with Crippen LogP contribution in [0.2, 0.25) is 0 Å². The van der Waals surface area contributed by atoms with Crippen molar-refractivity contribution in [2.75, 3.05) is 0 Å². The first-order chi connectivity index (χ1) is 8.01. The molecular weight excluding hydrogens is 228 g/mol. The molecule has 1 saturated carbocycles. The highest BCUT2D eigenvalue weighted by Crippen LogP contribution is 2.45. The van der Waals surface area contributed by atoms with Gasteiger partial charge in [0.1, 0.15) is 0 Å². The molecular formula is C14H18N2S. The Bertz CT molecular complexity index is 629. The first-order valence-corrected chi connectivity index (χ1v) is 6.63. The molecule has 17 heavy (non-hydrogen) atoms. The van der Waals surface area contributed by atoms with E-state index in [-0.39, 0.29) is 5.54 Å². The molecule has 0 spiro atoms. The van der Waals surface area contributed by atoms with Gasteiger partial charge < -0.3 is 9.55 Å². The van der Waals surface area contributed by atoms with Gasteiger partial charge in [0.15, 0.2) is 4.77 Å². The van der Waals surface area contributed by atoms with Crippen LogP contribution in [0.5, 0.6) is 0 Å². The molecule has 90 valence electrons. The van der Waals surface area contributed by atoms with Crippen LogP contribution in [-0.2, 0) is 5.54 Å². The largest absolute Gasteiger partial charge is 0.331 e. The van der Waals surface area contributed by atoms with Crippen LogP contribution in [0.4, 0.5) is 0 Å². The van der Waals surface area contributed by atoms with E-state index < -0.39 is 0 Å². The number of para-hydroxylation sites is 1. The summed E-state index contributed by atoms with van der Waals surface area (Å²) in [4.78, 5) is 3.33. The maximum atomic E-state index is 5.52. The fraction of sp³-hybridized carbons (Fsp3) is 0.500. The van der Waals surface area contributed by atoms with Gasteiger partial charge in [-0.15, -0.1) is 0 Å². The van der Waals surface area contributed by atoms with Crippen molar-refractivity contribution in [2.45, 2.75) is 39.2 Å². The predicted octanol–water partition coefficient (Wildman–Crippen LogP) is 4.15. The third kappa shape index (κ3) is 1.56. The van der Waals surface area contributed by atoms with Gasteiger partial charge in [0.05, 0.1) is 11.0 Å². The normalized spacial score (nSPS) is 16.6. The van der Waals surface area contributed by atoms with Gasteiger partial charge in [-0.1, -0.05) is 12.1 Å². The lowest BCUT2D eigenvalue weighted by atomic mass is 9.97. The van der Waals surface area contributed by atoms with Gasteiger partial charge in [-0.3, -0.25) is 0 Å². The van der Waals surface area contributed by atoms with Crippen molar-refractivity contribution >= 4 is 23.3 Å². The smallest absolute Gasteiger partial charge is 0.178 e. The molecule has 1 aromatic heterocycles. The minimum atomic E-state index is 0.126. The summed E-state index contributed by atoms with van der Waals surface area (Å²) < 4.78 is 3.18. The first-order valence-electron chi connectivity index (χ1n) is 6.22. The predicted molar refractivity (Wildman–Crippen MR) is 73.9 cm³/mol. The highest BCUT2D eigenvalue weighted by atomic mass is 32.1. The molecule has 0 saturated heterocycles. The van der Waals surface area contributed by atoms with E-state index in [1.165, 1.54) is 23.9 Å². The molecule has 0 atom stereocenters. The first kappa shape index (κ1) is 11.0. The topological polar surface area (TPSA) is 20.7 Å². The molecule has 0 bridgehead atoms. The average molecular weight is 246 g/mol. The quantitative estimate of drug-likeness (QED) is 0.789. The van der Waals surface area contributed by atoms with Gasteiger partial charge in [-0.2, -0.15) is 0 Å². The second-order valence-corrected chi connectivity index (χ2v) is 6.05. The molecule has 1 fully saturated rings. The number of fused-ring (bicyclic) bond motifs is 1. The Labute approximate surface area is 107 Å². The number of aryl methyl sites for hydroxylation is 1. The van der Waals surface area contributed by atoms with Gasteiger partial charge >= 0.3 is 0 Å². The number of hydrogen-bond acceptors (Lipinski definition) is 1. The van der Waals surface area contributed by atoms with Crippen LogP contribution in [0.1, 0.15) is 32.3 Å². The number of benzene rings is 1. The fourth-order valence-corrected chi connectivity index (χ4v) is 3.29. The zero-order chi connectivity index (χ0) is 12.2. The minimum absolute atomic E-state index is 0.126. The molecule has 0 unspecified atom stereocenters. The van der Waals surface area contributed by atoms with Crippen molar-refractivity contribution in [1.29, 1.82) is 0 Å². The maximum absolute atomic E-state index is 5.52. The van der Waals surface area contributed by atoms with Crippen molar-refractivity contribution in [1.82, 2.24) is 9.55 Å². The number of rotatable bonds is 2. The van der Waals surface area contributed by atoms with Crippen molar-refractivity contribution < 1.29 is 0 Å². The third-order valence-corrected chi connectivity index (χ3v) is 4.34. The van der Waals surface area contributed by atoms with Crippen molar-refractivity contribution in [2.24, 2.45) is 5.92 Å². The van der Waals surface area contributed by atoms with Crippen molar-refractivity contribution in [3.8, 4) is 0 Å². The second kappa shape index (κ2) is 3.45. The number of hydrogen-bond donors (Lipinski definition) is 1. The number of nitrogens with zero attached hydrogens (tertiary/aromatic N) is 1. The molecule has 2 nitrogen and oxygen atoms in total. The summed E-state index contributed by atoms with van der Waals surface area (Å²) in [7, 11) is 0. The van der Waals surface area contributed by atoms with E-state index in [1.807, 2.05) is 0 Å². The standard InChI is InChI=1S/C14H18N2S/c1-9-5-4-6-11-12(9)16(13(17)15-11)14(2,3)10-7-8-10/h4-6,10H,7-8H2,1-3H3,(H,15,17). The van der Waals surface area contributed by atoms with E-state index >= 15 is 0 Å². The van der Waals surface area contributed by atoms with Crippen LogP contribution in [0.25, 0.3) is 11.0 Å².